The lowest BCUT2D eigenvalue weighted by atomic mass is 10.2. The van der Waals surface area contributed by atoms with Crippen LogP contribution in [-0.4, -0.2) is 29.2 Å². The number of nitrogens with one attached hydrogen (secondary N) is 1. The lowest BCUT2D eigenvalue weighted by Crippen LogP contribution is -1.98. The van der Waals surface area contributed by atoms with Gasteiger partial charge in [0.1, 0.15) is 5.75 Å². The average molecular weight is 308 g/mol. The van der Waals surface area contributed by atoms with Gasteiger partial charge in [0, 0.05) is 35.8 Å². The summed E-state index contributed by atoms with van der Waals surface area (Å²) in [5, 5.41) is 3.17. The molecule has 0 unspecified atom stereocenters. The predicted molar refractivity (Wildman–Crippen MR) is 88.1 cm³/mol. The molecule has 2 aromatic heterocycles. The van der Waals surface area contributed by atoms with Crippen molar-refractivity contribution in [3.05, 3.63) is 54.9 Å². The molecule has 0 saturated carbocycles. The summed E-state index contributed by atoms with van der Waals surface area (Å²) < 4.78 is 10.4. The molecule has 3 rings (SSSR count). The second-order valence-corrected chi connectivity index (χ2v) is 4.71. The molecular weight excluding hydrogens is 292 g/mol. The van der Waals surface area contributed by atoms with Crippen LogP contribution in [-0.2, 0) is 0 Å². The Labute approximate surface area is 134 Å². The zero-order chi connectivity index (χ0) is 16.1. The summed E-state index contributed by atoms with van der Waals surface area (Å²) in [5.41, 5.74) is 2.55. The van der Waals surface area contributed by atoms with Crippen LogP contribution in [0.25, 0.3) is 11.3 Å². The van der Waals surface area contributed by atoms with Gasteiger partial charge in [-0.05, 0) is 24.3 Å². The highest BCUT2D eigenvalue weighted by molar-refractivity contribution is 5.63. The molecule has 0 fully saturated rings. The van der Waals surface area contributed by atoms with E-state index < -0.39 is 0 Å². The minimum absolute atomic E-state index is 0.506. The number of nitrogens with zero attached hydrogens (tertiary/aromatic N) is 3. The summed E-state index contributed by atoms with van der Waals surface area (Å²) in [6.07, 6.45) is 3.39. The molecular formula is C17H16N4O2. The Morgan fingerprint density at radius 2 is 1.78 bits per heavy atom. The van der Waals surface area contributed by atoms with Gasteiger partial charge in [-0.25, -0.2) is 15.0 Å². The van der Waals surface area contributed by atoms with E-state index in [0.717, 1.165) is 22.7 Å². The Balaban J connectivity index is 1.87. The fourth-order valence-electron chi connectivity index (χ4n) is 2.09. The number of benzene rings is 1. The van der Waals surface area contributed by atoms with Crippen LogP contribution >= 0.6 is 0 Å². The zero-order valence-electron chi connectivity index (χ0n) is 12.9. The topological polar surface area (TPSA) is 69.2 Å². The number of ether oxygens (including phenoxy) is 2. The van der Waals surface area contributed by atoms with E-state index in [9.17, 15) is 0 Å². The molecule has 3 aromatic rings. The molecule has 1 aromatic carbocycles. The third-order valence-corrected chi connectivity index (χ3v) is 3.22. The van der Waals surface area contributed by atoms with Crippen molar-refractivity contribution in [3.63, 3.8) is 0 Å². The molecule has 2 heterocycles. The van der Waals surface area contributed by atoms with Crippen molar-refractivity contribution in [2.45, 2.75) is 0 Å². The highest BCUT2D eigenvalue weighted by Crippen LogP contribution is 2.23. The first kappa shape index (κ1) is 14.8. The maximum atomic E-state index is 5.21. The van der Waals surface area contributed by atoms with E-state index in [4.69, 9.17) is 9.47 Å². The lowest BCUT2D eigenvalue weighted by Gasteiger charge is -2.08. The fourth-order valence-corrected chi connectivity index (χ4v) is 2.09. The average Bonchev–Trinajstić information content (AvgIpc) is 2.62. The quantitative estimate of drug-likeness (QED) is 0.780. The number of hydrogen-bond acceptors (Lipinski definition) is 6. The van der Waals surface area contributed by atoms with Crippen molar-refractivity contribution in [1.29, 1.82) is 0 Å². The third-order valence-electron chi connectivity index (χ3n) is 3.22. The van der Waals surface area contributed by atoms with Crippen LogP contribution in [0, 0.1) is 0 Å². The molecule has 0 aliphatic rings. The monoisotopic (exact) mass is 308 g/mol. The molecule has 0 atom stereocenters. The fraction of sp³-hybridized carbons (Fsp3) is 0.118. The van der Waals surface area contributed by atoms with Crippen LogP contribution in [0.15, 0.2) is 54.9 Å². The van der Waals surface area contributed by atoms with Gasteiger partial charge in [0.25, 0.3) is 0 Å². The number of pyridine rings is 1. The van der Waals surface area contributed by atoms with Crippen LogP contribution in [0.4, 0.5) is 11.6 Å². The largest absolute Gasteiger partial charge is 0.497 e. The van der Waals surface area contributed by atoms with Gasteiger partial charge in [-0.1, -0.05) is 6.07 Å². The molecule has 0 saturated heterocycles. The van der Waals surface area contributed by atoms with Crippen LogP contribution in [0.1, 0.15) is 0 Å². The van der Waals surface area contributed by atoms with Crippen LogP contribution in [0.3, 0.4) is 0 Å². The van der Waals surface area contributed by atoms with E-state index in [1.54, 1.807) is 26.6 Å². The van der Waals surface area contributed by atoms with Gasteiger partial charge in [-0.15, -0.1) is 0 Å². The van der Waals surface area contributed by atoms with E-state index in [1.165, 1.54) is 0 Å². The second-order valence-electron chi connectivity index (χ2n) is 4.71. The van der Waals surface area contributed by atoms with E-state index in [2.05, 4.69) is 20.3 Å². The van der Waals surface area contributed by atoms with Crippen LogP contribution in [0.5, 0.6) is 11.6 Å². The van der Waals surface area contributed by atoms with Gasteiger partial charge in [0.15, 0.2) is 0 Å². The van der Waals surface area contributed by atoms with Gasteiger partial charge < -0.3 is 14.8 Å². The molecule has 6 heteroatoms. The van der Waals surface area contributed by atoms with Crippen molar-refractivity contribution in [2.75, 3.05) is 19.5 Å². The summed E-state index contributed by atoms with van der Waals surface area (Å²) in [7, 11) is 3.22. The lowest BCUT2D eigenvalue weighted by molar-refractivity contribution is 0.398. The maximum absolute atomic E-state index is 5.21. The number of rotatable bonds is 5. The number of anilines is 2. The summed E-state index contributed by atoms with van der Waals surface area (Å²) in [6.45, 7) is 0. The summed E-state index contributed by atoms with van der Waals surface area (Å²) in [5.74, 6) is 1.82. The Hall–Kier alpha value is -3.15. The number of methoxy groups -OCH3 is 2. The standard InChI is InChI=1S/C17H16N4O2/c1-22-14-5-3-4-13(11-14)20-17-19-9-7-15(21-17)12-6-8-18-16(10-12)23-2/h3-11H,1-2H3,(H,19,20,21). The molecule has 23 heavy (non-hydrogen) atoms. The van der Waals surface area contributed by atoms with Crippen molar-refractivity contribution in [3.8, 4) is 22.9 Å². The first-order chi connectivity index (χ1) is 11.3. The van der Waals surface area contributed by atoms with Crippen LogP contribution < -0.4 is 14.8 Å². The van der Waals surface area contributed by atoms with Gasteiger partial charge >= 0.3 is 0 Å². The van der Waals surface area contributed by atoms with Crippen molar-refractivity contribution < 1.29 is 9.47 Å². The predicted octanol–water partition coefficient (Wildman–Crippen LogP) is 3.30. The molecule has 0 amide bonds. The van der Waals surface area contributed by atoms with Crippen molar-refractivity contribution in [1.82, 2.24) is 15.0 Å². The normalized spacial score (nSPS) is 10.2. The Morgan fingerprint density at radius 3 is 2.61 bits per heavy atom. The SMILES string of the molecule is COc1cccc(Nc2nccc(-c3ccnc(OC)c3)n2)c1. The van der Waals surface area contributed by atoms with E-state index in [0.29, 0.717) is 11.8 Å². The zero-order valence-corrected chi connectivity index (χ0v) is 12.9. The summed E-state index contributed by atoms with van der Waals surface area (Å²) in [6, 6.07) is 13.1. The van der Waals surface area contributed by atoms with E-state index in [1.807, 2.05) is 42.5 Å². The second kappa shape index (κ2) is 6.74. The first-order valence-electron chi connectivity index (χ1n) is 7.03. The van der Waals surface area contributed by atoms with Crippen LogP contribution in [0.2, 0.25) is 0 Å². The van der Waals surface area contributed by atoms with E-state index >= 15 is 0 Å². The Morgan fingerprint density at radius 1 is 0.913 bits per heavy atom. The smallest absolute Gasteiger partial charge is 0.227 e. The molecule has 116 valence electrons. The van der Waals surface area contributed by atoms with Crippen molar-refractivity contribution >= 4 is 11.6 Å². The number of hydrogen-bond donors (Lipinski definition) is 1. The Kier molecular flexibility index (Phi) is 4.33. The molecule has 1 N–H and O–H groups in total. The highest BCUT2D eigenvalue weighted by Gasteiger charge is 2.05. The van der Waals surface area contributed by atoms with Gasteiger partial charge in [0.05, 0.1) is 19.9 Å². The first-order valence-corrected chi connectivity index (χ1v) is 7.03. The highest BCUT2D eigenvalue weighted by atomic mass is 16.5. The minimum atomic E-state index is 0.506. The maximum Gasteiger partial charge on any atom is 0.227 e. The molecule has 0 aliphatic heterocycles. The van der Waals surface area contributed by atoms with Gasteiger partial charge in [-0.3, -0.25) is 0 Å². The Bertz CT molecular complexity index is 808. The van der Waals surface area contributed by atoms with E-state index in [-0.39, 0.29) is 0 Å². The molecule has 0 spiro atoms. The van der Waals surface area contributed by atoms with Crippen molar-refractivity contribution in [2.24, 2.45) is 0 Å². The summed E-state index contributed by atoms with van der Waals surface area (Å²) in [4.78, 5) is 12.9. The molecule has 0 radical (unpaired) electrons. The summed E-state index contributed by atoms with van der Waals surface area (Å²) >= 11 is 0. The number of aromatic nitrogens is 3. The molecule has 0 bridgehead atoms. The third kappa shape index (κ3) is 3.55. The molecule has 6 nitrogen and oxygen atoms in total. The van der Waals surface area contributed by atoms with Gasteiger partial charge in [0.2, 0.25) is 11.8 Å². The molecule has 0 aliphatic carbocycles. The minimum Gasteiger partial charge on any atom is -0.497 e. The van der Waals surface area contributed by atoms with Gasteiger partial charge in [-0.2, -0.15) is 0 Å².